The summed E-state index contributed by atoms with van der Waals surface area (Å²) in [7, 11) is 0. The van der Waals surface area contributed by atoms with Gasteiger partial charge in [0, 0.05) is 0 Å². The molecule has 0 N–H and O–H groups in total. The fraction of sp³-hybridized carbons (Fsp3) is 0.250. The van der Waals surface area contributed by atoms with Gasteiger partial charge in [-0.05, 0) is 90.3 Å². The molecule has 0 atom stereocenters. The lowest BCUT2D eigenvalue weighted by Gasteiger charge is -2.16. The van der Waals surface area contributed by atoms with Gasteiger partial charge in [0.1, 0.15) is 5.82 Å². The molecule has 0 spiro atoms. The van der Waals surface area contributed by atoms with E-state index in [0.717, 1.165) is 28.7 Å². The summed E-state index contributed by atoms with van der Waals surface area (Å²) in [6.07, 6.45) is 0.840. The van der Waals surface area contributed by atoms with Gasteiger partial charge in [-0.3, -0.25) is 0 Å². The van der Waals surface area contributed by atoms with Crippen LogP contribution in [0.25, 0.3) is 22.3 Å². The third-order valence-corrected chi connectivity index (χ3v) is 5.37. The molecule has 0 nitrogen and oxygen atoms in total. The van der Waals surface area contributed by atoms with E-state index < -0.39 is 0 Å². The van der Waals surface area contributed by atoms with Crippen molar-refractivity contribution in [2.45, 2.75) is 41.0 Å². The molecular formula is C24H25F. The van der Waals surface area contributed by atoms with E-state index in [2.05, 4.69) is 70.2 Å². The van der Waals surface area contributed by atoms with Gasteiger partial charge in [-0.1, -0.05) is 49.4 Å². The van der Waals surface area contributed by atoms with Gasteiger partial charge >= 0.3 is 0 Å². The fourth-order valence-corrected chi connectivity index (χ4v) is 3.54. The van der Waals surface area contributed by atoms with Crippen LogP contribution in [-0.2, 0) is 6.42 Å². The first-order chi connectivity index (χ1) is 11.9. The van der Waals surface area contributed by atoms with E-state index in [1.807, 2.05) is 6.92 Å². The third kappa shape index (κ3) is 3.11. The van der Waals surface area contributed by atoms with Crippen LogP contribution < -0.4 is 0 Å². The molecule has 0 aliphatic heterocycles. The van der Waals surface area contributed by atoms with Gasteiger partial charge in [0.05, 0.1) is 0 Å². The molecule has 0 saturated carbocycles. The smallest absolute Gasteiger partial charge is 0.127 e. The zero-order chi connectivity index (χ0) is 18.1. The SMILES string of the molecule is CCc1cc(-c2cccc(-c3cccc(C)c3C)c2C)cc(F)c1C. The summed E-state index contributed by atoms with van der Waals surface area (Å²) in [5, 5.41) is 0. The van der Waals surface area contributed by atoms with Gasteiger partial charge in [0.15, 0.2) is 0 Å². The van der Waals surface area contributed by atoms with Gasteiger partial charge in [-0.25, -0.2) is 4.39 Å². The van der Waals surface area contributed by atoms with Crippen molar-refractivity contribution in [3.63, 3.8) is 0 Å². The van der Waals surface area contributed by atoms with Crippen molar-refractivity contribution in [3.05, 3.63) is 82.2 Å². The van der Waals surface area contributed by atoms with Crippen LogP contribution >= 0.6 is 0 Å². The Hall–Kier alpha value is -2.41. The number of hydrogen-bond acceptors (Lipinski definition) is 0. The second kappa shape index (κ2) is 6.84. The first kappa shape index (κ1) is 17.4. The second-order valence-electron chi connectivity index (χ2n) is 6.82. The molecular weight excluding hydrogens is 307 g/mol. The Labute approximate surface area is 150 Å². The van der Waals surface area contributed by atoms with E-state index in [9.17, 15) is 4.39 Å². The number of hydrogen-bond donors (Lipinski definition) is 0. The minimum Gasteiger partial charge on any atom is -0.207 e. The van der Waals surface area contributed by atoms with Crippen LogP contribution in [0.2, 0.25) is 0 Å². The average molecular weight is 332 g/mol. The van der Waals surface area contributed by atoms with Crippen LogP contribution in [0.5, 0.6) is 0 Å². The zero-order valence-electron chi connectivity index (χ0n) is 15.7. The van der Waals surface area contributed by atoms with Crippen LogP contribution in [0, 0.1) is 33.5 Å². The normalized spacial score (nSPS) is 11.0. The highest BCUT2D eigenvalue weighted by molar-refractivity contribution is 5.80. The Morgan fingerprint density at radius 1 is 0.720 bits per heavy atom. The Balaban J connectivity index is 2.21. The van der Waals surface area contributed by atoms with Crippen molar-refractivity contribution < 1.29 is 4.39 Å². The maximum Gasteiger partial charge on any atom is 0.127 e. The van der Waals surface area contributed by atoms with E-state index in [-0.39, 0.29) is 5.82 Å². The number of halogens is 1. The molecule has 0 aliphatic rings. The highest BCUT2D eigenvalue weighted by Crippen LogP contribution is 2.35. The van der Waals surface area contributed by atoms with Gasteiger partial charge in [0.2, 0.25) is 0 Å². The monoisotopic (exact) mass is 332 g/mol. The largest absolute Gasteiger partial charge is 0.207 e. The van der Waals surface area contributed by atoms with Crippen LogP contribution in [0.4, 0.5) is 4.39 Å². The Kier molecular flexibility index (Phi) is 4.76. The van der Waals surface area contributed by atoms with E-state index in [1.165, 1.54) is 27.8 Å². The highest BCUT2D eigenvalue weighted by atomic mass is 19.1. The predicted octanol–water partition coefficient (Wildman–Crippen LogP) is 6.96. The van der Waals surface area contributed by atoms with Gasteiger partial charge in [0.25, 0.3) is 0 Å². The highest BCUT2D eigenvalue weighted by Gasteiger charge is 2.13. The molecule has 0 bridgehead atoms. The molecule has 128 valence electrons. The van der Waals surface area contributed by atoms with Crippen LogP contribution in [-0.4, -0.2) is 0 Å². The quantitative estimate of drug-likeness (QED) is 0.486. The number of aryl methyl sites for hydroxylation is 2. The minimum atomic E-state index is -0.120. The summed E-state index contributed by atoms with van der Waals surface area (Å²) >= 11 is 0. The maximum absolute atomic E-state index is 14.4. The van der Waals surface area contributed by atoms with Crippen LogP contribution in [0.1, 0.15) is 34.7 Å². The van der Waals surface area contributed by atoms with Crippen molar-refractivity contribution in [2.75, 3.05) is 0 Å². The first-order valence-corrected chi connectivity index (χ1v) is 8.89. The summed E-state index contributed by atoms with van der Waals surface area (Å²) < 4.78 is 14.4. The molecule has 25 heavy (non-hydrogen) atoms. The summed E-state index contributed by atoms with van der Waals surface area (Å²) in [6.45, 7) is 10.4. The molecule has 0 aliphatic carbocycles. The van der Waals surface area contributed by atoms with Crippen LogP contribution in [0.15, 0.2) is 48.5 Å². The summed E-state index contributed by atoms with van der Waals surface area (Å²) in [5.41, 5.74) is 10.2. The maximum atomic E-state index is 14.4. The van der Waals surface area contributed by atoms with Crippen molar-refractivity contribution >= 4 is 0 Å². The van der Waals surface area contributed by atoms with Gasteiger partial charge in [-0.2, -0.15) is 0 Å². The Morgan fingerprint density at radius 3 is 2.00 bits per heavy atom. The molecule has 1 heteroatoms. The molecule has 0 saturated heterocycles. The lowest BCUT2D eigenvalue weighted by molar-refractivity contribution is 0.616. The molecule has 0 radical (unpaired) electrons. The van der Waals surface area contributed by atoms with Crippen molar-refractivity contribution in [2.24, 2.45) is 0 Å². The standard InChI is InChI=1S/C24H25F/c1-6-19-13-20(14-24(25)17(19)4)21-10-8-12-23(18(21)5)22-11-7-9-15(2)16(22)3/h7-14H,6H2,1-5H3. The molecule has 0 amide bonds. The van der Waals surface area contributed by atoms with Crippen molar-refractivity contribution in [1.29, 1.82) is 0 Å². The van der Waals surface area contributed by atoms with E-state index in [1.54, 1.807) is 6.07 Å². The van der Waals surface area contributed by atoms with E-state index in [0.29, 0.717) is 0 Å². The van der Waals surface area contributed by atoms with Gasteiger partial charge in [-0.15, -0.1) is 0 Å². The zero-order valence-corrected chi connectivity index (χ0v) is 15.7. The Morgan fingerprint density at radius 2 is 1.32 bits per heavy atom. The lowest BCUT2D eigenvalue weighted by Crippen LogP contribution is -1.96. The average Bonchev–Trinajstić information content (AvgIpc) is 2.60. The molecule has 0 unspecified atom stereocenters. The molecule has 0 aromatic heterocycles. The molecule has 3 aromatic rings. The third-order valence-electron chi connectivity index (χ3n) is 5.37. The fourth-order valence-electron chi connectivity index (χ4n) is 3.54. The summed E-state index contributed by atoms with van der Waals surface area (Å²) in [5.74, 6) is -0.120. The van der Waals surface area contributed by atoms with Crippen LogP contribution in [0.3, 0.4) is 0 Å². The topological polar surface area (TPSA) is 0 Å². The van der Waals surface area contributed by atoms with E-state index in [4.69, 9.17) is 0 Å². The Bertz CT molecular complexity index is 935. The summed E-state index contributed by atoms with van der Waals surface area (Å²) in [4.78, 5) is 0. The first-order valence-electron chi connectivity index (χ1n) is 8.89. The predicted molar refractivity (Wildman–Crippen MR) is 106 cm³/mol. The molecule has 0 fully saturated rings. The number of benzene rings is 3. The summed E-state index contributed by atoms with van der Waals surface area (Å²) in [6, 6.07) is 16.5. The van der Waals surface area contributed by atoms with Crippen molar-refractivity contribution in [3.8, 4) is 22.3 Å². The van der Waals surface area contributed by atoms with E-state index >= 15 is 0 Å². The number of rotatable bonds is 3. The molecule has 0 heterocycles. The van der Waals surface area contributed by atoms with Gasteiger partial charge < -0.3 is 0 Å². The van der Waals surface area contributed by atoms with Crippen molar-refractivity contribution in [1.82, 2.24) is 0 Å². The second-order valence-corrected chi connectivity index (χ2v) is 6.82. The lowest BCUT2D eigenvalue weighted by atomic mass is 9.88. The molecule has 3 aromatic carbocycles. The minimum absolute atomic E-state index is 0.120. The molecule has 3 rings (SSSR count).